The molecular weight excluding hydrogens is 144 g/mol. The summed E-state index contributed by atoms with van der Waals surface area (Å²) in [6.07, 6.45) is 7.83. The van der Waals surface area contributed by atoms with E-state index >= 15 is 0 Å². The van der Waals surface area contributed by atoms with Crippen LogP contribution >= 0.6 is 0 Å². The first-order valence-electron chi connectivity index (χ1n) is 5.68. The summed E-state index contributed by atoms with van der Waals surface area (Å²) in [7, 11) is 0. The van der Waals surface area contributed by atoms with Crippen molar-refractivity contribution in [3.05, 3.63) is 12.2 Å². The number of hydrogen-bond acceptors (Lipinski definition) is 0. The fraction of sp³-hybridized carbons (Fsp3) is 0.833. The van der Waals surface area contributed by atoms with E-state index in [1.54, 1.807) is 0 Å². The first-order valence-corrected chi connectivity index (χ1v) is 5.18. The van der Waals surface area contributed by atoms with Crippen LogP contribution in [-0.2, 0) is 0 Å². The van der Waals surface area contributed by atoms with Crippen molar-refractivity contribution in [2.24, 2.45) is 11.8 Å². The van der Waals surface area contributed by atoms with Gasteiger partial charge in [0.25, 0.3) is 0 Å². The van der Waals surface area contributed by atoms with Gasteiger partial charge in [0.1, 0.15) is 0 Å². The van der Waals surface area contributed by atoms with Crippen LogP contribution in [0.25, 0.3) is 0 Å². The van der Waals surface area contributed by atoms with Crippen LogP contribution in [-0.4, -0.2) is 0 Å². The molecule has 1 atom stereocenters. The molecule has 0 aromatic carbocycles. The zero-order valence-corrected chi connectivity index (χ0v) is 8.53. The van der Waals surface area contributed by atoms with Crippen LogP contribution in [0.5, 0.6) is 0 Å². The van der Waals surface area contributed by atoms with E-state index in [1.807, 2.05) is 13.8 Å². The number of rotatable bonds is 3. The summed E-state index contributed by atoms with van der Waals surface area (Å²) in [5, 5.41) is 0. The van der Waals surface area contributed by atoms with Crippen molar-refractivity contribution in [3.63, 3.8) is 0 Å². The summed E-state index contributed by atoms with van der Waals surface area (Å²) in [6.45, 7) is 7.89. The summed E-state index contributed by atoms with van der Waals surface area (Å²) < 4.78 is 8.12. The summed E-state index contributed by atoms with van der Waals surface area (Å²) in [6, 6.07) is 0. The van der Waals surface area contributed by atoms with Gasteiger partial charge in [0.05, 0.1) is 0 Å². The van der Waals surface area contributed by atoms with Crippen molar-refractivity contribution in [2.45, 2.75) is 52.4 Å². The Kier molecular flexibility index (Phi) is 3.26. The Hall–Kier alpha value is -0.260. The maximum Gasteiger partial charge on any atom is 0.0346 e. The quantitative estimate of drug-likeness (QED) is 0.553. The largest absolute Gasteiger partial charge is 0.0999 e. The van der Waals surface area contributed by atoms with E-state index in [-0.39, 0.29) is 5.89 Å². The van der Waals surface area contributed by atoms with E-state index in [0.717, 1.165) is 17.9 Å². The molecular formula is C12H22. The van der Waals surface area contributed by atoms with Crippen LogP contribution < -0.4 is 0 Å². The van der Waals surface area contributed by atoms with Crippen LogP contribution in [0.1, 0.15) is 53.7 Å². The van der Waals surface area contributed by atoms with E-state index in [1.165, 1.54) is 32.1 Å². The van der Waals surface area contributed by atoms with Crippen LogP contribution in [0.2, 0.25) is 0 Å². The molecule has 0 bridgehead atoms. The van der Waals surface area contributed by atoms with Crippen molar-refractivity contribution < 1.29 is 1.37 Å². The molecule has 0 spiro atoms. The van der Waals surface area contributed by atoms with E-state index in [2.05, 4.69) is 6.58 Å². The van der Waals surface area contributed by atoms with Crippen LogP contribution in [0.4, 0.5) is 0 Å². The minimum atomic E-state index is -0.387. The molecule has 0 aliphatic heterocycles. The molecule has 12 heavy (non-hydrogen) atoms. The maximum absolute atomic E-state index is 8.12. The molecule has 0 radical (unpaired) electrons. The van der Waals surface area contributed by atoms with Gasteiger partial charge >= 0.3 is 0 Å². The van der Waals surface area contributed by atoms with Gasteiger partial charge in [-0.1, -0.05) is 51.2 Å². The Morgan fingerprint density at radius 1 is 1.50 bits per heavy atom. The van der Waals surface area contributed by atoms with Crippen molar-refractivity contribution in [1.29, 1.82) is 0 Å². The van der Waals surface area contributed by atoms with Crippen molar-refractivity contribution >= 4 is 0 Å². The normalized spacial score (nSPS) is 26.0. The Morgan fingerprint density at radius 2 is 2.08 bits per heavy atom. The fourth-order valence-corrected chi connectivity index (χ4v) is 2.00. The van der Waals surface area contributed by atoms with Gasteiger partial charge in [0.15, 0.2) is 0 Å². The average molecular weight is 167 g/mol. The fourth-order valence-electron chi connectivity index (χ4n) is 2.00. The number of allylic oxidation sites excluding steroid dienone is 1. The molecule has 0 N–H and O–H groups in total. The predicted molar refractivity (Wildman–Crippen MR) is 55.2 cm³/mol. The molecule has 0 heteroatoms. The van der Waals surface area contributed by atoms with Crippen molar-refractivity contribution in [1.82, 2.24) is 0 Å². The molecule has 0 aromatic rings. The molecule has 1 rings (SSSR count). The molecule has 0 amide bonds. The molecule has 1 unspecified atom stereocenters. The van der Waals surface area contributed by atoms with Crippen molar-refractivity contribution in [3.8, 4) is 0 Å². The van der Waals surface area contributed by atoms with Crippen molar-refractivity contribution in [2.75, 3.05) is 0 Å². The van der Waals surface area contributed by atoms with Crippen LogP contribution in [0.3, 0.4) is 0 Å². The molecule has 1 fully saturated rings. The number of hydrogen-bond donors (Lipinski definition) is 0. The van der Waals surface area contributed by atoms with E-state index in [0.29, 0.717) is 0 Å². The smallest absolute Gasteiger partial charge is 0.0346 e. The molecule has 1 aliphatic rings. The highest BCUT2D eigenvalue weighted by molar-refractivity contribution is 4.94. The van der Waals surface area contributed by atoms with Gasteiger partial charge in [-0.15, -0.1) is 0 Å². The summed E-state index contributed by atoms with van der Waals surface area (Å²) in [5.41, 5.74) is 1.01. The molecule has 70 valence electrons. The second kappa shape index (κ2) is 4.69. The topological polar surface area (TPSA) is 0 Å². The lowest BCUT2D eigenvalue weighted by molar-refractivity contribution is 0.311. The third-order valence-corrected chi connectivity index (χ3v) is 3.05. The van der Waals surface area contributed by atoms with Crippen LogP contribution in [0.15, 0.2) is 12.2 Å². The molecule has 1 saturated carbocycles. The maximum atomic E-state index is 8.12. The Morgan fingerprint density at radius 3 is 2.58 bits per heavy atom. The monoisotopic (exact) mass is 167 g/mol. The lowest BCUT2D eigenvalue weighted by atomic mass is 9.82. The summed E-state index contributed by atoms with van der Waals surface area (Å²) in [5.74, 6) is 0.398. The van der Waals surface area contributed by atoms with E-state index < -0.39 is 0 Å². The highest BCUT2D eigenvalue weighted by Crippen LogP contribution is 2.30. The highest BCUT2D eigenvalue weighted by atomic mass is 14.2. The molecule has 0 heterocycles. The van der Waals surface area contributed by atoms with E-state index in [4.69, 9.17) is 1.37 Å². The standard InChI is InChI=1S/C12H22/c1-10(2)11(3)9-12-7-5-4-6-8-12/h11-12H,1,4-9H2,2-3H3/i11D. The van der Waals surface area contributed by atoms with Gasteiger partial charge in [-0.3, -0.25) is 0 Å². The SMILES string of the molecule is [2H]C(C)(CC1CCCCC1)C(=C)C. The minimum absolute atomic E-state index is 0.387. The van der Waals surface area contributed by atoms with Gasteiger partial charge < -0.3 is 0 Å². The molecule has 1 aliphatic carbocycles. The third kappa shape index (κ3) is 3.00. The highest BCUT2D eigenvalue weighted by Gasteiger charge is 2.16. The third-order valence-electron chi connectivity index (χ3n) is 3.05. The molecule has 0 nitrogen and oxygen atoms in total. The first-order chi connectivity index (χ1) is 6.02. The summed E-state index contributed by atoms with van der Waals surface area (Å²) in [4.78, 5) is 0. The van der Waals surface area contributed by atoms with Gasteiger partial charge in [0.2, 0.25) is 0 Å². The van der Waals surface area contributed by atoms with Gasteiger partial charge in [0, 0.05) is 1.37 Å². The van der Waals surface area contributed by atoms with E-state index in [9.17, 15) is 0 Å². The first kappa shape index (κ1) is 8.34. The molecule has 0 saturated heterocycles. The van der Waals surface area contributed by atoms with Gasteiger partial charge in [-0.2, -0.15) is 0 Å². The Balaban J connectivity index is 2.41. The predicted octanol–water partition coefficient (Wildman–Crippen LogP) is 4.17. The second-order valence-corrected chi connectivity index (χ2v) is 4.27. The Bertz CT molecular complexity index is 176. The minimum Gasteiger partial charge on any atom is -0.0999 e. The van der Waals surface area contributed by atoms with Crippen LogP contribution in [0, 0.1) is 11.8 Å². The van der Waals surface area contributed by atoms with Gasteiger partial charge in [-0.05, 0) is 25.2 Å². The lowest BCUT2D eigenvalue weighted by Crippen LogP contribution is -2.10. The zero-order valence-electron chi connectivity index (χ0n) is 9.53. The zero-order chi connectivity index (χ0) is 9.90. The summed E-state index contributed by atoms with van der Waals surface area (Å²) >= 11 is 0. The molecule has 0 aromatic heterocycles. The van der Waals surface area contributed by atoms with Gasteiger partial charge in [-0.25, -0.2) is 0 Å². The second-order valence-electron chi connectivity index (χ2n) is 4.27. The Labute approximate surface area is 78.5 Å². The average Bonchev–Trinajstić information content (AvgIpc) is 2.05. The lowest BCUT2D eigenvalue weighted by Gasteiger charge is -2.24.